The molecule has 1 N–H and O–H groups in total. The van der Waals surface area contributed by atoms with Crippen LogP contribution in [0.5, 0.6) is 0 Å². The summed E-state index contributed by atoms with van der Waals surface area (Å²) in [4.78, 5) is 21.7. The Morgan fingerprint density at radius 3 is 2.56 bits per heavy atom. The van der Waals surface area contributed by atoms with Gasteiger partial charge < -0.3 is 9.57 Å². The summed E-state index contributed by atoms with van der Waals surface area (Å²) in [6.07, 6.45) is 2.16. The highest BCUT2D eigenvalue weighted by Gasteiger charge is 2.22. The smallest absolute Gasteiger partial charge is 0.280 e. The summed E-state index contributed by atoms with van der Waals surface area (Å²) >= 11 is 0.631. The van der Waals surface area contributed by atoms with Crippen molar-refractivity contribution in [2.75, 3.05) is 36.3 Å². The van der Waals surface area contributed by atoms with Gasteiger partial charge >= 0.3 is 0 Å². The van der Waals surface area contributed by atoms with Crippen molar-refractivity contribution in [1.82, 2.24) is 4.98 Å². The van der Waals surface area contributed by atoms with E-state index in [0.717, 1.165) is 12.5 Å². The van der Waals surface area contributed by atoms with E-state index in [0.29, 0.717) is 31.0 Å². The molecule has 3 rings (SSSR count). The van der Waals surface area contributed by atoms with E-state index in [1.807, 2.05) is 0 Å². The van der Waals surface area contributed by atoms with Crippen LogP contribution in [0, 0.1) is 5.13 Å². The van der Waals surface area contributed by atoms with Gasteiger partial charge in [0, 0.05) is 18.2 Å². The third-order valence-electron chi connectivity index (χ3n) is 4.30. The van der Waals surface area contributed by atoms with E-state index < -0.39 is 42.2 Å². The lowest BCUT2D eigenvalue weighted by Crippen LogP contribution is -2.25. The molecule has 1 fully saturated rings. The topological polar surface area (TPSA) is 141 Å². The van der Waals surface area contributed by atoms with Crippen LogP contribution < -0.4 is 5.32 Å². The summed E-state index contributed by atoms with van der Waals surface area (Å²) in [5, 5.41) is 5.77. The van der Waals surface area contributed by atoms with Crippen molar-refractivity contribution < 1.29 is 35.6 Å². The Hall–Kier alpha value is -2.42. The Balaban J connectivity index is 1.83. The molecule has 2 heterocycles. The Morgan fingerprint density at radius 1 is 1.28 bits per heavy atom. The molecule has 0 radical (unpaired) electrons. The van der Waals surface area contributed by atoms with Crippen LogP contribution in [0.4, 0.5) is 9.52 Å². The second-order valence-corrected chi connectivity index (χ2v) is 12.3. The number of carbonyl (C=O) groups is 1. The van der Waals surface area contributed by atoms with E-state index in [9.17, 15) is 26.0 Å². The number of rotatable bonds is 9. The second-order valence-electron chi connectivity index (χ2n) is 6.93. The quantitative estimate of drug-likeness (QED) is 0.397. The number of nitrogens with zero attached hydrogens (tertiary/aromatic N) is 2. The first kappa shape index (κ1) is 24.2. The Bertz CT molecular complexity index is 1200. The van der Waals surface area contributed by atoms with Crippen LogP contribution in [0.2, 0.25) is 0 Å². The molecule has 10 nitrogen and oxygen atoms in total. The van der Waals surface area contributed by atoms with Crippen LogP contribution in [-0.4, -0.2) is 70.5 Å². The number of nitrogens with one attached hydrogen (secondary N) is 1. The van der Waals surface area contributed by atoms with Gasteiger partial charge in [-0.3, -0.25) is 10.1 Å². The van der Waals surface area contributed by atoms with Crippen LogP contribution in [0.15, 0.2) is 40.5 Å². The molecule has 1 aromatic heterocycles. The molecule has 0 saturated carbocycles. The predicted octanol–water partition coefficient (Wildman–Crippen LogP) is 1.25. The Morgan fingerprint density at radius 2 is 2.00 bits per heavy atom. The van der Waals surface area contributed by atoms with E-state index in [1.165, 1.54) is 24.3 Å². The van der Waals surface area contributed by atoms with Crippen molar-refractivity contribution in [3.63, 3.8) is 0 Å². The molecule has 1 amide bonds. The number of amides is 1. The minimum Gasteiger partial charge on any atom is -0.389 e. The first-order chi connectivity index (χ1) is 15.0. The summed E-state index contributed by atoms with van der Waals surface area (Å²) in [6, 6.07) is 5.19. The van der Waals surface area contributed by atoms with Crippen molar-refractivity contribution in [3.05, 3.63) is 41.2 Å². The fourth-order valence-corrected chi connectivity index (χ4v) is 6.03. The summed E-state index contributed by atoms with van der Waals surface area (Å²) in [7, 11) is -7.30. The van der Waals surface area contributed by atoms with Gasteiger partial charge in [0.25, 0.3) is 5.91 Å². The minimum absolute atomic E-state index is 0.0179. The first-order valence-electron chi connectivity index (χ1n) is 9.29. The van der Waals surface area contributed by atoms with Crippen molar-refractivity contribution in [1.29, 1.82) is 0 Å². The largest absolute Gasteiger partial charge is 0.389 e. The van der Waals surface area contributed by atoms with Gasteiger partial charge in [0.1, 0.15) is 9.84 Å². The Labute approximate surface area is 188 Å². The fraction of sp³-hybridized carbons (Fsp3) is 0.389. The number of oxime groups is 1. The molecule has 14 heteroatoms. The summed E-state index contributed by atoms with van der Waals surface area (Å²) in [6.45, 7) is 0.813. The molecule has 0 spiro atoms. The van der Waals surface area contributed by atoms with Crippen molar-refractivity contribution in [2.24, 2.45) is 5.16 Å². The molecule has 1 aliphatic rings. The first-order valence-corrected chi connectivity index (χ1v) is 13.8. The summed E-state index contributed by atoms with van der Waals surface area (Å²) in [5.74, 6) is -1.80. The maximum absolute atomic E-state index is 13.2. The van der Waals surface area contributed by atoms with Gasteiger partial charge in [0.15, 0.2) is 31.9 Å². The van der Waals surface area contributed by atoms with Crippen molar-refractivity contribution in [2.45, 2.75) is 17.4 Å². The van der Waals surface area contributed by atoms with E-state index in [4.69, 9.17) is 9.57 Å². The van der Waals surface area contributed by atoms with Crippen molar-refractivity contribution >= 4 is 47.8 Å². The highest BCUT2D eigenvalue weighted by molar-refractivity contribution is 7.94. The average molecular weight is 506 g/mol. The molecular formula is C18H20FN3O7S3. The van der Waals surface area contributed by atoms with E-state index >= 15 is 0 Å². The highest BCUT2D eigenvalue weighted by atomic mass is 32.2. The maximum atomic E-state index is 13.2. The number of ether oxygens (including phenoxy) is 1. The van der Waals surface area contributed by atoms with Crippen LogP contribution >= 0.6 is 11.3 Å². The molecule has 1 saturated heterocycles. The molecule has 1 atom stereocenters. The van der Waals surface area contributed by atoms with Gasteiger partial charge in [-0.15, -0.1) is 0 Å². The van der Waals surface area contributed by atoms with E-state index in [2.05, 4.69) is 15.5 Å². The van der Waals surface area contributed by atoms with Crippen LogP contribution in [0.3, 0.4) is 0 Å². The monoisotopic (exact) mass is 505 g/mol. The lowest BCUT2D eigenvalue weighted by molar-refractivity contribution is -0.110. The van der Waals surface area contributed by atoms with Crippen LogP contribution in [0.25, 0.3) is 0 Å². The number of hydrogen-bond donors (Lipinski definition) is 1. The molecule has 0 bridgehead atoms. The van der Waals surface area contributed by atoms with Gasteiger partial charge in [0.05, 0.1) is 35.8 Å². The molecule has 2 aromatic rings. The molecule has 32 heavy (non-hydrogen) atoms. The second kappa shape index (κ2) is 10.0. The number of anilines is 1. The molecule has 1 aliphatic heterocycles. The molecular weight excluding hydrogens is 485 g/mol. The fourth-order valence-electron chi connectivity index (χ4n) is 2.62. The van der Waals surface area contributed by atoms with Crippen LogP contribution in [0.1, 0.15) is 12.0 Å². The highest BCUT2D eigenvalue weighted by Crippen LogP contribution is 2.18. The Kier molecular flexibility index (Phi) is 7.59. The number of aromatic nitrogens is 1. The third kappa shape index (κ3) is 6.79. The lowest BCUT2D eigenvalue weighted by Gasteiger charge is -2.10. The molecule has 0 unspecified atom stereocenters. The van der Waals surface area contributed by atoms with Gasteiger partial charge in [0.2, 0.25) is 0 Å². The number of halogens is 1. The minimum atomic E-state index is -3.84. The van der Waals surface area contributed by atoms with E-state index in [1.54, 1.807) is 0 Å². The maximum Gasteiger partial charge on any atom is 0.280 e. The summed E-state index contributed by atoms with van der Waals surface area (Å²) in [5.41, 5.74) is 0.0631. The summed E-state index contributed by atoms with van der Waals surface area (Å²) < 4.78 is 65.7. The number of sulfone groups is 2. The van der Waals surface area contributed by atoms with Gasteiger partial charge in [-0.2, -0.15) is 4.39 Å². The lowest BCUT2D eigenvalue weighted by atomic mass is 10.1. The third-order valence-corrected chi connectivity index (χ3v) is 7.94. The normalized spacial score (nSPS) is 17.3. The SMILES string of the molecule is CS(=O)(=O)CCS(=O)(=O)c1ccc(/C(=N\O[C@@H]2CCOC2)C(=O)Nc2ncc(F)s2)cc1. The van der Waals surface area contributed by atoms with Gasteiger partial charge in [-0.05, 0) is 12.1 Å². The van der Waals surface area contributed by atoms with E-state index in [-0.39, 0.29) is 27.4 Å². The van der Waals surface area contributed by atoms with Gasteiger partial charge in [-0.1, -0.05) is 28.6 Å². The van der Waals surface area contributed by atoms with Gasteiger partial charge in [-0.25, -0.2) is 21.8 Å². The number of hydrogen-bond acceptors (Lipinski definition) is 10. The zero-order chi connectivity index (χ0) is 23.4. The van der Waals surface area contributed by atoms with Crippen molar-refractivity contribution in [3.8, 4) is 0 Å². The number of benzene rings is 1. The predicted molar refractivity (Wildman–Crippen MR) is 116 cm³/mol. The average Bonchev–Trinajstić information content (AvgIpc) is 3.38. The number of thiazole rings is 1. The molecule has 174 valence electrons. The zero-order valence-electron chi connectivity index (χ0n) is 16.9. The zero-order valence-corrected chi connectivity index (χ0v) is 19.3. The number of carbonyl (C=O) groups excluding carboxylic acids is 1. The van der Waals surface area contributed by atoms with Crippen LogP contribution in [-0.2, 0) is 34.0 Å². The molecule has 1 aromatic carbocycles. The standard InChI is InChI=1S/C18H20FN3O7S3/c1-31(24,25)8-9-32(26,27)14-4-2-12(3-5-14)16(22-29-13-6-7-28-11-13)17(23)21-18-20-10-15(19)30-18/h2-5,10,13H,6-9,11H2,1H3,(H,20,21,23)/b22-16+/t13-/m1/s1. The molecule has 0 aliphatic carbocycles.